The zero-order valence-corrected chi connectivity index (χ0v) is 10.7. The molecular weight excluding hydrogens is 260 g/mol. The van der Waals surface area contributed by atoms with Gasteiger partial charge in [0.2, 0.25) is 5.88 Å². The Morgan fingerprint density at radius 3 is 2.39 bits per heavy atom. The third-order valence-electron chi connectivity index (χ3n) is 3.23. The van der Waals surface area contributed by atoms with Crippen LogP contribution in [0.4, 0.5) is 0 Å². The van der Waals surface area contributed by atoms with E-state index in [1.165, 1.54) is 6.92 Å². The van der Waals surface area contributed by atoms with Gasteiger partial charge >= 0.3 is 5.69 Å². The van der Waals surface area contributed by atoms with E-state index in [0.717, 1.165) is 4.57 Å². The minimum Gasteiger partial charge on any atom is -0.494 e. The van der Waals surface area contributed by atoms with Crippen molar-refractivity contribution in [3.63, 3.8) is 0 Å². The number of hydrogen-bond donors (Lipinski definition) is 2. The average molecular weight is 274 g/mol. The van der Waals surface area contributed by atoms with Gasteiger partial charge < -0.3 is 5.11 Å². The Bertz CT molecular complexity index is 671. The summed E-state index contributed by atoms with van der Waals surface area (Å²) >= 11 is 0. The third kappa shape index (κ3) is 2.20. The van der Waals surface area contributed by atoms with Crippen molar-refractivity contribution in [1.29, 1.82) is 0 Å². The minimum absolute atomic E-state index is 0.0122. The highest BCUT2D eigenvalue weighted by Gasteiger charge is 2.27. The maximum Gasteiger partial charge on any atom is 0.331 e. The fraction of sp³-hybridized carbons (Fsp3) is 0.600. The van der Waals surface area contributed by atoms with Gasteiger partial charge in [-0.05, 0) is 19.8 Å². The fourth-order valence-electron chi connectivity index (χ4n) is 2.10. The number of rotatable bonds is 1. The molecule has 7 nitrogen and oxygen atoms in total. The van der Waals surface area contributed by atoms with Crippen molar-refractivity contribution < 1.29 is 13.5 Å². The number of nitrogens with zero attached hydrogens (tertiary/aromatic N) is 1. The van der Waals surface area contributed by atoms with Crippen molar-refractivity contribution in [2.75, 3.05) is 11.5 Å². The number of nitrogens with one attached hydrogen (secondary N) is 1. The first kappa shape index (κ1) is 12.9. The van der Waals surface area contributed by atoms with Crippen LogP contribution in [0.3, 0.4) is 0 Å². The molecule has 1 fully saturated rings. The summed E-state index contributed by atoms with van der Waals surface area (Å²) in [6, 6.07) is -0.392. The smallest absolute Gasteiger partial charge is 0.331 e. The van der Waals surface area contributed by atoms with E-state index in [1.54, 1.807) is 0 Å². The molecule has 1 aliphatic heterocycles. The standard InChI is InChI=1S/C10H14N2O5S/c1-6-8(13)11-10(15)12(9(6)14)7-2-4-18(16,17)5-3-7/h7,14H,2-5H2,1H3,(H,11,13,15). The van der Waals surface area contributed by atoms with Crippen LogP contribution in [0.5, 0.6) is 5.88 Å². The summed E-state index contributed by atoms with van der Waals surface area (Å²) in [5.41, 5.74) is -1.27. The minimum atomic E-state index is -3.04. The Hall–Kier alpha value is -1.57. The molecule has 2 heterocycles. The number of aromatic hydroxyl groups is 1. The molecule has 0 aliphatic carbocycles. The van der Waals surface area contributed by atoms with E-state index < -0.39 is 27.1 Å². The zero-order chi connectivity index (χ0) is 13.5. The number of sulfone groups is 1. The second-order valence-electron chi connectivity index (χ2n) is 4.46. The van der Waals surface area contributed by atoms with Crippen molar-refractivity contribution in [2.45, 2.75) is 25.8 Å². The topological polar surface area (TPSA) is 109 Å². The second-order valence-corrected chi connectivity index (χ2v) is 6.76. The Morgan fingerprint density at radius 2 is 1.83 bits per heavy atom. The summed E-state index contributed by atoms with van der Waals surface area (Å²) in [5, 5.41) is 9.84. The predicted molar refractivity (Wildman–Crippen MR) is 64.6 cm³/mol. The van der Waals surface area contributed by atoms with Gasteiger partial charge in [-0.2, -0.15) is 0 Å². The van der Waals surface area contributed by atoms with Crippen LogP contribution in [0.25, 0.3) is 0 Å². The largest absolute Gasteiger partial charge is 0.494 e. The van der Waals surface area contributed by atoms with Gasteiger partial charge in [0.15, 0.2) is 0 Å². The van der Waals surface area contributed by atoms with Gasteiger partial charge in [-0.15, -0.1) is 0 Å². The molecule has 2 N–H and O–H groups in total. The summed E-state index contributed by atoms with van der Waals surface area (Å²) < 4.78 is 23.7. The van der Waals surface area contributed by atoms with Crippen LogP contribution < -0.4 is 11.2 Å². The van der Waals surface area contributed by atoms with Crippen molar-refractivity contribution >= 4 is 9.84 Å². The molecule has 0 saturated carbocycles. The lowest BCUT2D eigenvalue weighted by molar-refractivity contribution is 0.341. The van der Waals surface area contributed by atoms with Crippen LogP contribution in [-0.4, -0.2) is 34.6 Å². The van der Waals surface area contributed by atoms with E-state index in [4.69, 9.17) is 0 Å². The Labute approximate surface area is 103 Å². The van der Waals surface area contributed by atoms with Gasteiger partial charge in [-0.3, -0.25) is 14.3 Å². The number of aromatic nitrogens is 2. The van der Waals surface area contributed by atoms with E-state index in [2.05, 4.69) is 4.98 Å². The van der Waals surface area contributed by atoms with Crippen LogP contribution in [-0.2, 0) is 9.84 Å². The van der Waals surface area contributed by atoms with Crippen LogP contribution in [0.2, 0.25) is 0 Å². The molecule has 8 heteroatoms. The normalized spacial score (nSPS) is 19.8. The SMILES string of the molecule is Cc1c(O)n(C2CCS(=O)(=O)CC2)c(=O)[nH]c1=O. The van der Waals surface area contributed by atoms with Gasteiger partial charge in [-0.25, -0.2) is 13.2 Å². The molecule has 1 saturated heterocycles. The number of H-pyrrole nitrogens is 1. The molecule has 0 aromatic carbocycles. The first-order chi connectivity index (χ1) is 8.32. The third-order valence-corrected chi connectivity index (χ3v) is 4.95. The van der Waals surface area contributed by atoms with Crippen LogP contribution in [0.15, 0.2) is 9.59 Å². The van der Waals surface area contributed by atoms with E-state index in [0.29, 0.717) is 0 Å². The lowest BCUT2D eigenvalue weighted by Crippen LogP contribution is -2.36. The lowest BCUT2D eigenvalue weighted by Gasteiger charge is -2.24. The predicted octanol–water partition coefficient (Wildman–Crippen LogP) is -0.700. The fourth-order valence-corrected chi connectivity index (χ4v) is 3.57. The number of hydrogen-bond acceptors (Lipinski definition) is 5. The molecule has 1 aromatic rings. The maximum absolute atomic E-state index is 11.7. The molecule has 1 aliphatic rings. The molecule has 100 valence electrons. The molecule has 0 unspecified atom stereocenters. The first-order valence-electron chi connectivity index (χ1n) is 5.56. The Balaban J connectivity index is 2.45. The lowest BCUT2D eigenvalue weighted by atomic mass is 10.1. The van der Waals surface area contributed by atoms with Gasteiger partial charge in [0, 0.05) is 6.04 Å². The van der Waals surface area contributed by atoms with Gasteiger partial charge in [0.05, 0.1) is 17.1 Å². The molecule has 18 heavy (non-hydrogen) atoms. The highest BCUT2D eigenvalue weighted by atomic mass is 32.2. The molecular formula is C10H14N2O5S. The molecule has 0 amide bonds. The molecule has 0 spiro atoms. The molecule has 0 atom stereocenters. The molecule has 0 radical (unpaired) electrons. The Kier molecular flexibility index (Phi) is 3.05. The van der Waals surface area contributed by atoms with Crippen LogP contribution >= 0.6 is 0 Å². The van der Waals surface area contributed by atoms with Gasteiger partial charge in [0.1, 0.15) is 9.84 Å². The summed E-state index contributed by atoms with van der Waals surface area (Å²) in [4.78, 5) is 25.1. The number of aromatic amines is 1. The quantitative estimate of drug-likeness (QED) is 0.703. The van der Waals surface area contributed by atoms with Crippen molar-refractivity contribution in [1.82, 2.24) is 9.55 Å². The van der Waals surface area contributed by atoms with Crippen molar-refractivity contribution in [3.8, 4) is 5.88 Å². The van der Waals surface area contributed by atoms with E-state index in [1.807, 2.05) is 0 Å². The van der Waals surface area contributed by atoms with E-state index >= 15 is 0 Å². The summed E-state index contributed by atoms with van der Waals surface area (Å²) in [7, 11) is -3.04. The average Bonchev–Trinajstić information content (AvgIpc) is 2.28. The first-order valence-corrected chi connectivity index (χ1v) is 7.39. The van der Waals surface area contributed by atoms with Gasteiger partial charge in [-0.1, -0.05) is 0 Å². The monoisotopic (exact) mass is 274 g/mol. The Morgan fingerprint density at radius 1 is 1.28 bits per heavy atom. The van der Waals surface area contributed by atoms with Gasteiger partial charge in [0.25, 0.3) is 5.56 Å². The highest BCUT2D eigenvalue weighted by molar-refractivity contribution is 7.91. The van der Waals surface area contributed by atoms with E-state index in [9.17, 15) is 23.1 Å². The molecule has 0 bridgehead atoms. The maximum atomic E-state index is 11.7. The molecule has 2 rings (SSSR count). The molecule has 1 aromatic heterocycles. The second kappa shape index (κ2) is 4.27. The van der Waals surface area contributed by atoms with E-state index in [-0.39, 0.29) is 35.8 Å². The zero-order valence-electron chi connectivity index (χ0n) is 9.84. The summed E-state index contributed by atoms with van der Waals surface area (Å²) in [5.74, 6) is -0.406. The summed E-state index contributed by atoms with van der Waals surface area (Å²) in [6.07, 6.45) is 0.530. The van der Waals surface area contributed by atoms with Crippen LogP contribution in [0, 0.1) is 6.92 Å². The summed E-state index contributed by atoms with van der Waals surface area (Å²) in [6.45, 7) is 1.41. The van der Waals surface area contributed by atoms with Crippen LogP contribution in [0.1, 0.15) is 24.4 Å². The highest BCUT2D eigenvalue weighted by Crippen LogP contribution is 2.26. The van der Waals surface area contributed by atoms with Crippen molar-refractivity contribution in [2.24, 2.45) is 0 Å². The van der Waals surface area contributed by atoms with Crippen molar-refractivity contribution in [3.05, 3.63) is 26.4 Å².